The SMILES string of the molecule is CCc1nc2ccc(OCCN3CCOCC3)cc2c2c1O[C@]1(CC2)C[C@H]2C(=O)N[C@]3(C(=O)NS(=O)(=O)C4(C)CC4)CC[C@H]3/C=C\CCCCC[C@H](NC(=O)OCC(C)C)C(=O)N2C1. The molecule has 2 aliphatic carbocycles. The van der Waals surface area contributed by atoms with Gasteiger partial charge >= 0.3 is 6.09 Å². The van der Waals surface area contributed by atoms with Crippen molar-refractivity contribution in [3.8, 4) is 11.5 Å². The first-order valence-electron chi connectivity index (χ1n) is 23.5. The summed E-state index contributed by atoms with van der Waals surface area (Å²) in [5.41, 5.74) is 0.0232. The molecule has 64 heavy (non-hydrogen) atoms. The maximum atomic E-state index is 15.0. The number of sulfonamides is 1. The molecule has 1 aromatic carbocycles. The number of alkyl carbamates (subject to hydrolysis) is 1. The standard InChI is InChI=1S/C47H66N6O10S/c1-5-36-40-34(35-27-33(13-14-37(35)48-36)61-26-23-52-21-24-60-25-22-52)16-17-46(63-40)28-39-41(54)50-47(43(56)51-64(58,59)45(4)19-20-45)18-15-32(47)11-9-7-6-8-10-12-38(42(55)53(39)30-46)49-44(57)62-29-31(2)3/h9,11,13-14,27,31-32,38-39H,5-8,10,12,15-26,28-30H2,1-4H3,(H,49,57)(H,50,54)(H,51,56)/b11-9-/t32-,38+,39+,46-,47-/m1/s1. The third-order valence-corrected chi connectivity index (χ3v) is 16.4. The highest BCUT2D eigenvalue weighted by Crippen LogP contribution is 2.47. The number of ether oxygens (including phenoxy) is 4. The highest BCUT2D eigenvalue weighted by molar-refractivity contribution is 7.91. The number of rotatable bonds is 11. The zero-order chi connectivity index (χ0) is 45.3. The van der Waals surface area contributed by atoms with Crippen LogP contribution in [0.15, 0.2) is 30.4 Å². The number of hydrogen-bond acceptors (Lipinski definition) is 12. The van der Waals surface area contributed by atoms with Crippen molar-refractivity contribution in [3.05, 3.63) is 41.6 Å². The van der Waals surface area contributed by atoms with Crippen LogP contribution in [0.1, 0.15) is 110 Å². The van der Waals surface area contributed by atoms with Crippen LogP contribution in [-0.2, 0) is 46.7 Å². The molecule has 0 bridgehead atoms. The molecule has 5 heterocycles. The van der Waals surface area contributed by atoms with E-state index in [0.29, 0.717) is 70.1 Å². The fourth-order valence-corrected chi connectivity index (χ4v) is 11.1. The zero-order valence-corrected chi connectivity index (χ0v) is 38.7. The molecule has 2 aromatic rings. The van der Waals surface area contributed by atoms with Gasteiger partial charge in [-0.25, -0.2) is 18.2 Å². The minimum atomic E-state index is -4.02. The fraction of sp³-hybridized carbons (Fsp3) is 0.681. The second kappa shape index (κ2) is 18.8. The van der Waals surface area contributed by atoms with Gasteiger partial charge in [0.15, 0.2) is 0 Å². The Hall–Kier alpha value is -4.48. The third-order valence-electron chi connectivity index (χ3n) is 14.3. The van der Waals surface area contributed by atoms with Gasteiger partial charge in [0.1, 0.15) is 41.3 Å². The molecular formula is C47H66N6O10S. The van der Waals surface area contributed by atoms with Crippen LogP contribution in [0.2, 0.25) is 0 Å². The number of amides is 4. The van der Waals surface area contributed by atoms with Crippen molar-refractivity contribution in [2.24, 2.45) is 11.8 Å². The molecule has 4 fully saturated rings. The second-order valence-electron chi connectivity index (χ2n) is 19.4. The molecule has 2 saturated carbocycles. The van der Waals surface area contributed by atoms with Crippen LogP contribution in [0.4, 0.5) is 4.79 Å². The van der Waals surface area contributed by atoms with Crippen molar-refractivity contribution in [2.45, 2.75) is 139 Å². The Morgan fingerprint density at radius 1 is 1.06 bits per heavy atom. The van der Waals surface area contributed by atoms with Crippen LogP contribution in [-0.4, -0.2) is 128 Å². The van der Waals surface area contributed by atoms with Crippen LogP contribution in [0, 0.1) is 11.8 Å². The molecule has 16 nitrogen and oxygen atoms in total. The maximum Gasteiger partial charge on any atom is 0.407 e. The first-order valence-corrected chi connectivity index (χ1v) is 25.0. The molecule has 1 spiro atoms. The summed E-state index contributed by atoms with van der Waals surface area (Å²) < 4.78 is 52.5. The molecule has 4 amide bonds. The van der Waals surface area contributed by atoms with E-state index in [9.17, 15) is 27.6 Å². The number of aromatic nitrogens is 1. The van der Waals surface area contributed by atoms with Crippen molar-refractivity contribution in [1.29, 1.82) is 0 Å². The van der Waals surface area contributed by atoms with E-state index in [2.05, 4.69) is 20.3 Å². The van der Waals surface area contributed by atoms with E-state index in [1.807, 2.05) is 51.1 Å². The lowest BCUT2D eigenvalue weighted by Crippen LogP contribution is -2.70. The van der Waals surface area contributed by atoms with Crippen molar-refractivity contribution in [1.82, 2.24) is 30.1 Å². The lowest BCUT2D eigenvalue weighted by atomic mass is 9.65. The number of morpholine rings is 1. The number of carbonyl (C=O) groups is 4. The lowest BCUT2D eigenvalue weighted by Gasteiger charge is -2.48. The largest absolute Gasteiger partial charge is 0.492 e. The molecule has 0 radical (unpaired) electrons. The first kappa shape index (κ1) is 46.1. The Balaban J connectivity index is 1.11. The minimum absolute atomic E-state index is 0.0454. The molecule has 17 heteroatoms. The fourth-order valence-electron chi connectivity index (χ4n) is 9.82. The van der Waals surface area contributed by atoms with Gasteiger partial charge < -0.3 is 34.5 Å². The van der Waals surface area contributed by atoms with Crippen molar-refractivity contribution < 1.29 is 46.5 Å². The molecule has 350 valence electrons. The predicted octanol–water partition coefficient (Wildman–Crippen LogP) is 4.71. The Labute approximate surface area is 377 Å². The number of aryl methyl sites for hydroxylation is 2. The number of allylic oxidation sites excluding steroid dienone is 1. The number of benzene rings is 1. The Kier molecular flexibility index (Phi) is 13.5. The normalized spacial score (nSPS) is 28.9. The quantitative estimate of drug-likeness (QED) is 0.264. The monoisotopic (exact) mass is 906 g/mol. The van der Waals surface area contributed by atoms with Gasteiger partial charge in [0, 0.05) is 42.9 Å². The topological polar surface area (TPSA) is 195 Å². The van der Waals surface area contributed by atoms with Gasteiger partial charge in [-0.05, 0) is 95.2 Å². The summed E-state index contributed by atoms with van der Waals surface area (Å²) >= 11 is 0. The first-order chi connectivity index (χ1) is 30.6. The minimum Gasteiger partial charge on any atom is -0.492 e. The molecule has 3 N–H and O–H groups in total. The molecule has 8 rings (SSSR count). The number of hydrogen-bond donors (Lipinski definition) is 3. The van der Waals surface area contributed by atoms with Gasteiger partial charge in [0.2, 0.25) is 21.8 Å². The average Bonchev–Trinajstić information content (AvgIpc) is 3.94. The molecule has 6 aliphatic rings. The molecular weight excluding hydrogens is 841 g/mol. The van der Waals surface area contributed by atoms with Crippen LogP contribution in [0.5, 0.6) is 11.5 Å². The Morgan fingerprint density at radius 3 is 2.58 bits per heavy atom. The lowest BCUT2D eigenvalue weighted by molar-refractivity contribution is -0.144. The molecule has 1 aromatic heterocycles. The zero-order valence-electron chi connectivity index (χ0n) is 37.9. The van der Waals surface area contributed by atoms with Crippen LogP contribution in [0.25, 0.3) is 10.9 Å². The maximum absolute atomic E-state index is 15.0. The summed E-state index contributed by atoms with van der Waals surface area (Å²) in [6.45, 7) is 12.2. The summed E-state index contributed by atoms with van der Waals surface area (Å²) in [6, 6.07) is 3.84. The van der Waals surface area contributed by atoms with E-state index in [0.717, 1.165) is 73.6 Å². The van der Waals surface area contributed by atoms with E-state index < -0.39 is 67.7 Å². The Morgan fingerprint density at radius 2 is 1.86 bits per heavy atom. The number of nitrogens with one attached hydrogen (secondary N) is 3. The third kappa shape index (κ3) is 9.58. The van der Waals surface area contributed by atoms with E-state index in [1.54, 1.807) is 6.92 Å². The van der Waals surface area contributed by atoms with Crippen LogP contribution < -0.4 is 24.8 Å². The number of fused-ring (bicyclic) bond motifs is 5. The van der Waals surface area contributed by atoms with E-state index in [4.69, 9.17) is 23.9 Å². The average molecular weight is 907 g/mol. The smallest absolute Gasteiger partial charge is 0.407 e. The van der Waals surface area contributed by atoms with Crippen LogP contribution in [0.3, 0.4) is 0 Å². The molecule has 4 aliphatic heterocycles. The van der Waals surface area contributed by atoms with E-state index >= 15 is 0 Å². The highest BCUT2D eigenvalue weighted by atomic mass is 32.2. The number of pyridine rings is 1. The second-order valence-corrected chi connectivity index (χ2v) is 21.6. The van der Waals surface area contributed by atoms with Crippen LogP contribution >= 0.6 is 0 Å². The summed E-state index contributed by atoms with van der Waals surface area (Å²) in [6.07, 6.45) is 9.87. The summed E-state index contributed by atoms with van der Waals surface area (Å²) in [7, 11) is -4.02. The summed E-state index contributed by atoms with van der Waals surface area (Å²) in [4.78, 5) is 66.3. The predicted molar refractivity (Wildman–Crippen MR) is 239 cm³/mol. The number of carbonyl (C=O) groups excluding carboxylic acids is 4. The Bertz CT molecular complexity index is 2240. The number of nitrogens with zero attached hydrogens (tertiary/aromatic N) is 3. The van der Waals surface area contributed by atoms with Gasteiger partial charge in [0.25, 0.3) is 5.91 Å². The van der Waals surface area contributed by atoms with Gasteiger partial charge in [-0.15, -0.1) is 0 Å². The van der Waals surface area contributed by atoms with Gasteiger partial charge in [-0.1, -0.05) is 45.8 Å². The van der Waals surface area contributed by atoms with Gasteiger partial charge in [-0.3, -0.25) is 24.0 Å². The van der Waals surface area contributed by atoms with Crippen molar-refractivity contribution >= 4 is 44.7 Å². The van der Waals surface area contributed by atoms with Crippen molar-refractivity contribution in [3.63, 3.8) is 0 Å². The highest BCUT2D eigenvalue weighted by Gasteiger charge is 2.59. The molecule has 0 unspecified atom stereocenters. The van der Waals surface area contributed by atoms with E-state index in [-0.39, 0.29) is 31.9 Å². The van der Waals surface area contributed by atoms with Gasteiger partial charge in [0.05, 0.1) is 42.3 Å². The summed E-state index contributed by atoms with van der Waals surface area (Å²) in [5.74, 6) is -0.796. The molecule has 5 atom stereocenters. The van der Waals surface area contributed by atoms with Crippen molar-refractivity contribution in [2.75, 3.05) is 52.6 Å². The molecule has 2 saturated heterocycles. The van der Waals surface area contributed by atoms with Gasteiger partial charge in [-0.2, -0.15) is 0 Å². The summed E-state index contributed by atoms with van der Waals surface area (Å²) in [5, 5.41) is 6.79. The van der Waals surface area contributed by atoms with E-state index in [1.165, 1.54) is 4.90 Å².